The number of hydrogen-bond acceptors (Lipinski definition) is 20. The molecule has 0 aliphatic carbocycles. The van der Waals surface area contributed by atoms with Crippen molar-refractivity contribution < 1.29 is 90.9 Å². The van der Waals surface area contributed by atoms with E-state index in [9.17, 15) is 48.3 Å². The van der Waals surface area contributed by atoms with Crippen molar-refractivity contribution >= 4 is 70.7 Å². The molecule has 9 atom stereocenters. The van der Waals surface area contributed by atoms with E-state index in [0.717, 1.165) is 11.1 Å². The van der Waals surface area contributed by atoms with Crippen LogP contribution >= 0.6 is 11.6 Å². The van der Waals surface area contributed by atoms with E-state index in [2.05, 4.69) is 26.8 Å². The lowest BCUT2D eigenvalue weighted by molar-refractivity contribution is -0.328. The van der Waals surface area contributed by atoms with Crippen LogP contribution in [-0.4, -0.2) is 204 Å². The number of likely N-dealkylation sites (N-methyl/N-ethyl adjacent to an activating group) is 1. The summed E-state index contributed by atoms with van der Waals surface area (Å²) in [6, 6.07) is -0.362. The number of amides is 8. The van der Waals surface area contributed by atoms with E-state index in [4.69, 9.17) is 65.7 Å². The van der Waals surface area contributed by atoms with Crippen LogP contribution in [0.4, 0.5) is 10.5 Å². The molecule has 6 bridgehead atoms. The molecule has 10 N–H and O–H groups in total. The zero-order chi connectivity index (χ0) is 63.1. The number of esters is 1. The molecule has 476 valence electrons. The van der Waals surface area contributed by atoms with Gasteiger partial charge < -0.3 is 79.6 Å². The van der Waals surface area contributed by atoms with Crippen molar-refractivity contribution in [1.82, 2.24) is 31.7 Å². The number of fused-ring (bicyclic) bond motifs is 6. The van der Waals surface area contributed by atoms with Crippen molar-refractivity contribution in [2.75, 3.05) is 92.6 Å². The van der Waals surface area contributed by atoms with Gasteiger partial charge in [-0.3, -0.25) is 49.7 Å². The number of nitrogens with one attached hydrogen (secondary N) is 5. The number of halogens is 1. The molecule has 28 nitrogen and oxygen atoms in total. The predicted octanol–water partition coefficient (Wildman–Crippen LogP) is 0.646. The lowest BCUT2D eigenvalue weighted by atomic mass is 9.72. The third-order valence-corrected chi connectivity index (χ3v) is 14.8. The molecule has 0 saturated carbocycles. The molecule has 4 heterocycles. The number of ether oxygens (including phenoxy) is 9. The molecule has 1 aromatic carbocycles. The predicted molar refractivity (Wildman–Crippen MR) is 306 cm³/mol. The quantitative estimate of drug-likeness (QED) is 0.0298. The van der Waals surface area contributed by atoms with Gasteiger partial charge in [0.1, 0.15) is 58.4 Å². The summed E-state index contributed by atoms with van der Waals surface area (Å²) in [7, 11) is 5.76. The highest BCUT2D eigenvalue weighted by Crippen LogP contribution is 2.50. The molecule has 1 unspecified atom stereocenters. The molecule has 0 spiro atoms. The number of nitrogens with two attached hydrogens (primary N) is 2. The topological polar surface area (TPSA) is 376 Å². The third kappa shape index (κ3) is 21.8. The van der Waals surface area contributed by atoms with E-state index in [1.54, 1.807) is 38.1 Å². The summed E-state index contributed by atoms with van der Waals surface area (Å²) in [5.41, 5.74) is 12.5. The van der Waals surface area contributed by atoms with Crippen LogP contribution in [0.3, 0.4) is 0 Å². The number of primary amides is 1. The van der Waals surface area contributed by atoms with Crippen LogP contribution in [0.2, 0.25) is 5.02 Å². The minimum atomic E-state index is -1.93. The number of nitrogens with zero attached hydrogens (tertiary/aromatic N) is 2. The first kappa shape index (κ1) is 71.0. The molecular formula is C56H86ClN9O19. The van der Waals surface area contributed by atoms with Crippen LogP contribution in [0, 0.1) is 0 Å². The number of anilines is 1. The van der Waals surface area contributed by atoms with Crippen LogP contribution < -0.4 is 47.9 Å². The van der Waals surface area contributed by atoms with Gasteiger partial charge in [-0.25, -0.2) is 9.59 Å². The summed E-state index contributed by atoms with van der Waals surface area (Å²) >= 11 is 6.81. The Morgan fingerprint density at radius 1 is 0.882 bits per heavy atom. The summed E-state index contributed by atoms with van der Waals surface area (Å²) in [6.45, 7) is 10.8. The summed E-state index contributed by atoms with van der Waals surface area (Å²) in [5, 5.41) is 19.3. The number of benzene rings is 1. The van der Waals surface area contributed by atoms with Crippen molar-refractivity contribution in [2.24, 2.45) is 11.5 Å². The van der Waals surface area contributed by atoms with Gasteiger partial charge in [0.15, 0.2) is 5.72 Å². The van der Waals surface area contributed by atoms with Gasteiger partial charge in [0.25, 0.3) is 5.91 Å². The number of methoxy groups -OCH3 is 2. The lowest BCUT2D eigenvalue weighted by Crippen LogP contribution is -2.72. The fourth-order valence-corrected chi connectivity index (χ4v) is 9.93. The van der Waals surface area contributed by atoms with E-state index in [-0.39, 0.29) is 69.8 Å². The monoisotopic (exact) mass is 1220 g/mol. The second kappa shape index (κ2) is 34.0. The summed E-state index contributed by atoms with van der Waals surface area (Å²) in [6.07, 6.45) is 0.117. The minimum Gasteiger partial charge on any atom is -0.495 e. The van der Waals surface area contributed by atoms with Crippen molar-refractivity contribution in [2.45, 2.75) is 152 Å². The average molecular weight is 1220 g/mol. The molecule has 2 saturated heterocycles. The number of carbonyl (C=O) groups is 9. The summed E-state index contributed by atoms with van der Waals surface area (Å²) in [5.74, 6) is -5.44. The maximum atomic E-state index is 14.4. The van der Waals surface area contributed by atoms with Gasteiger partial charge in [0.05, 0.1) is 78.5 Å². The van der Waals surface area contributed by atoms with Crippen LogP contribution in [-0.2, 0) is 82.7 Å². The molecule has 29 heteroatoms. The van der Waals surface area contributed by atoms with Gasteiger partial charge in [-0.05, 0) is 71.6 Å². The van der Waals surface area contributed by atoms with Crippen molar-refractivity contribution in [3.8, 4) is 5.75 Å². The minimum absolute atomic E-state index is 0.0189. The van der Waals surface area contributed by atoms with Crippen molar-refractivity contribution in [3.63, 3.8) is 0 Å². The second-order valence-electron chi connectivity index (χ2n) is 21.4. The van der Waals surface area contributed by atoms with Gasteiger partial charge in [0, 0.05) is 59.9 Å². The number of carbonyl (C=O) groups excluding carboxylic acids is 9. The summed E-state index contributed by atoms with van der Waals surface area (Å²) < 4.78 is 51.0. The number of alkyl carbamates (subject to hydrolysis) is 1. The highest BCUT2D eigenvalue weighted by molar-refractivity contribution is 6.35. The molecule has 8 amide bonds. The number of hydrazine groups is 1. The number of allylic oxidation sites excluding steroid dienone is 3. The maximum Gasteiger partial charge on any atom is 0.409 e. The Labute approximate surface area is 500 Å². The standard InChI is InChI=1S/C56H86ClN9O19/c1-34-13-12-14-41(78-9)56(76)32-43(84-53(75)62-56)55(5)33-54(4,85-55)42(31-48(71)66(7)39-28-37(27-34)29-40(77-8)49(39)57)83-52(74)36(3)65(6)47(70)16-11-10-15-46(69)63-64-50(72)35(2)60-51(73)38(30-44(59)67)61-45(68)17-19-79-21-23-81-25-26-82-24-22-80-20-18-58/h12-14,28-29,35-36,38,41-43,76H,10-11,15-27,30-33,58H2,1-9H3,(H2,59,67)(H,60,73)(H,61,68)(H,62,75)(H,63,69)(H,64,72)/b14-12+,34-13+/t35-,36-,38-,41+,42-,43-,54+,55?,56-/m0/s1. The largest absolute Gasteiger partial charge is 0.495 e. The highest BCUT2D eigenvalue weighted by atomic mass is 35.5. The fraction of sp³-hybridized carbons (Fsp3) is 0.661. The fourth-order valence-electron chi connectivity index (χ4n) is 9.62. The zero-order valence-corrected chi connectivity index (χ0v) is 50.8. The van der Waals surface area contributed by atoms with E-state index in [1.165, 1.54) is 52.0 Å². The molecule has 2 fully saturated rings. The highest BCUT2D eigenvalue weighted by Gasteiger charge is 2.63. The van der Waals surface area contributed by atoms with Crippen molar-refractivity contribution in [3.05, 3.63) is 46.5 Å². The number of unbranched alkanes of at least 4 members (excludes halogenated alkanes) is 1. The first-order valence-corrected chi connectivity index (χ1v) is 28.4. The Hall–Kier alpha value is -6.50. The van der Waals surface area contributed by atoms with Gasteiger partial charge in [-0.15, -0.1) is 0 Å². The van der Waals surface area contributed by atoms with Gasteiger partial charge in [0.2, 0.25) is 35.4 Å². The maximum absolute atomic E-state index is 14.4. The van der Waals surface area contributed by atoms with Crippen LogP contribution in [0.25, 0.3) is 0 Å². The van der Waals surface area contributed by atoms with E-state index in [0.29, 0.717) is 57.4 Å². The Morgan fingerprint density at radius 3 is 2.12 bits per heavy atom. The molecule has 5 rings (SSSR count). The van der Waals surface area contributed by atoms with Crippen LogP contribution in [0.1, 0.15) is 98.0 Å². The van der Waals surface area contributed by atoms with E-state index in [1.807, 2.05) is 13.0 Å². The van der Waals surface area contributed by atoms with Crippen molar-refractivity contribution in [1.29, 1.82) is 0 Å². The van der Waals surface area contributed by atoms with Crippen LogP contribution in [0.5, 0.6) is 5.75 Å². The molecule has 4 aliphatic rings. The Balaban J connectivity index is 1.29. The van der Waals surface area contributed by atoms with Gasteiger partial charge in [-0.2, -0.15) is 0 Å². The first-order valence-electron chi connectivity index (χ1n) is 28.0. The third-order valence-electron chi connectivity index (χ3n) is 14.5. The molecule has 0 radical (unpaired) electrons. The Bertz CT molecular complexity index is 2550. The van der Waals surface area contributed by atoms with Gasteiger partial charge in [-0.1, -0.05) is 35.4 Å². The molecular weight excluding hydrogens is 1140 g/mol. The van der Waals surface area contributed by atoms with Crippen LogP contribution in [0.15, 0.2) is 35.9 Å². The SMILES string of the molecule is COc1cc2cc(c1Cl)N(C)C(=O)C[C@H](OC(=O)[C@H](C)N(C)C(=O)CCCCC(=O)NNC(=O)[C@H](C)NC(=O)[C@H](CC(N)=O)NC(=O)CCOCCOCCOCCOCCN)[C@@]1(C)CC(C)(O1)[C@@H]1C[C@@](O)(NC(=O)O1)[C@H](OC)/C=C/C=C(\C)C2. The molecule has 0 aromatic heterocycles. The average Bonchev–Trinajstić information content (AvgIpc) is 0.923. The smallest absolute Gasteiger partial charge is 0.409 e. The normalized spacial score (nSPS) is 24.3. The Kier molecular flexibility index (Phi) is 28.4. The second-order valence-corrected chi connectivity index (χ2v) is 21.8. The van der Waals surface area contributed by atoms with E-state index < -0.39 is 120 Å². The molecule has 85 heavy (non-hydrogen) atoms. The molecule has 4 aliphatic heterocycles. The number of aliphatic hydroxyl groups is 1. The zero-order valence-electron chi connectivity index (χ0n) is 50.0. The Morgan fingerprint density at radius 2 is 1.51 bits per heavy atom. The molecule has 1 aromatic rings. The number of rotatable bonds is 30. The van der Waals surface area contributed by atoms with Gasteiger partial charge >= 0.3 is 12.1 Å². The first-order chi connectivity index (χ1) is 40.2. The number of hydrogen-bond donors (Lipinski definition) is 8. The lowest BCUT2D eigenvalue weighted by Gasteiger charge is -2.59. The summed E-state index contributed by atoms with van der Waals surface area (Å²) in [4.78, 5) is 120. The van der Waals surface area contributed by atoms with E-state index >= 15 is 0 Å².